The summed E-state index contributed by atoms with van der Waals surface area (Å²) in [7, 11) is 0. The molecule has 2 aromatic heterocycles. The minimum Gasteiger partial charge on any atom is -0.337 e. The number of imidazole rings is 1. The number of fused-ring (bicyclic) bond motifs is 1. The molecule has 6 heteroatoms. The van der Waals surface area contributed by atoms with Crippen LogP contribution in [0.4, 0.5) is 11.5 Å². The molecule has 0 saturated heterocycles. The standard InChI is InChI=1S/C12H8BrIN4/c13-10-7-18-5-4-15-12(18)11(17-10)16-9-3-1-2-8(14)6-9/h1-7H,(H,16,17). The number of hydrogen-bond donors (Lipinski definition) is 1. The predicted octanol–water partition coefficient (Wildman–Crippen LogP) is 3.84. The first kappa shape index (κ1) is 11.9. The molecule has 4 nitrogen and oxygen atoms in total. The minimum absolute atomic E-state index is 0.733. The highest BCUT2D eigenvalue weighted by molar-refractivity contribution is 14.1. The Labute approximate surface area is 126 Å². The van der Waals surface area contributed by atoms with Gasteiger partial charge in [0.25, 0.3) is 0 Å². The Kier molecular flexibility index (Phi) is 3.21. The predicted molar refractivity (Wildman–Crippen MR) is 83.1 cm³/mol. The molecule has 1 aromatic carbocycles. The fourth-order valence-corrected chi connectivity index (χ4v) is 2.63. The zero-order chi connectivity index (χ0) is 12.5. The number of benzene rings is 1. The van der Waals surface area contributed by atoms with Gasteiger partial charge in [-0.3, -0.25) is 0 Å². The molecule has 1 N–H and O–H groups in total. The molecule has 2 heterocycles. The van der Waals surface area contributed by atoms with Crippen molar-refractivity contribution in [2.45, 2.75) is 0 Å². The molecule has 18 heavy (non-hydrogen) atoms. The molecule has 0 aliphatic rings. The Balaban J connectivity index is 2.06. The van der Waals surface area contributed by atoms with Crippen LogP contribution in [0, 0.1) is 3.57 Å². The first-order chi connectivity index (χ1) is 8.72. The van der Waals surface area contributed by atoms with Gasteiger partial charge in [0, 0.05) is 27.8 Å². The molecule has 0 radical (unpaired) electrons. The zero-order valence-electron chi connectivity index (χ0n) is 9.14. The van der Waals surface area contributed by atoms with Gasteiger partial charge >= 0.3 is 0 Å². The summed E-state index contributed by atoms with van der Waals surface area (Å²) in [5.74, 6) is 0.733. The Bertz CT molecular complexity index is 710. The van der Waals surface area contributed by atoms with Gasteiger partial charge in [-0.15, -0.1) is 0 Å². The van der Waals surface area contributed by atoms with Crippen molar-refractivity contribution in [1.82, 2.24) is 14.4 Å². The molecule has 3 aromatic rings. The molecule has 0 unspecified atom stereocenters. The van der Waals surface area contributed by atoms with Crippen LogP contribution in [0.2, 0.25) is 0 Å². The van der Waals surface area contributed by atoms with E-state index in [2.05, 4.69) is 59.9 Å². The zero-order valence-corrected chi connectivity index (χ0v) is 12.9. The quantitative estimate of drug-likeness (QED) is 0.648. The highest BCUT2D eigenvalue weighted by atomic mass is 127. The molecular weight excluding hydrogens is 407 g/mol. The van der Waals surface area contributed by atoms with Gasteiger partial charge < -0.3 is 9.72 Å². The van der Waals surface area contributed by atoms with Crippen LogP contribution < -0.4 is 5.32 Å². The highest BCUT2D eigenvalue weighted by Gasteiger charge is 2.06. The first-order valence-corrected chi connectivity index (χ1v) is 7.11. The van der Waals surface area contributed by atoms with Crippen LogP contribution in [0.25, 0.3) is 5.65 Å². The van der Waals surface area contributed by atoms with Crippen molar-refractivity contribution < 1.29 is 0 Å². The number of nitrogens with zero attached hydrogens (tertiary/aromatic N) is 3. The van der Waals surface area contributed by atoms with Gasteiger partial charge in [0.15, 0.2) is 11.5 Å². The lowest BCUT2D eigenvalue weighted by Crippen LogP contribution is -1.98. The van der Waals surface area contributed by atoms with Crippen LogP contribution in [0.1, 0.15) is 0 Å². The maximum Gasteiger partial charge on any atom is 0.180 e. The summed E-state index contributed by atoms with van der Waals surface area (Å²) in [5, 5.41) is 3.29. The average molecular weight is 415 g/mol. The van der Waals surface area contributed by atoms with Crippen molar-refractivity contribution in [3.05, 3.63) is 51.0 Å². The third-order valence-corrected chi connectivity index (χ3v) is 3.49. The van der Waals surface area contributed by atoms with Crippen molar-refractivity contribution in [2.24, 2.45) is 0 Å². The smallest absolute Gasteiger partial charge is 0.180 e. The largest absolute Gasteiger partial charge is 0.337 e. The van der Waals surface area contributed by atoms with E-state index >= 15 is 0 Å². The van der Waals surface area contributed by atoms with Gasteiger partial charge in [-0.25, -0.2) is 9.97 Å². The fraction of sp³-hybridized carbons (Fsp3) is 0. The van der Waals surface area contributed by atoms with Gasteiger partial charge in [-0.1, -0.05) is 6.07 Å². The molecular formula is C12H8BrIN4. The molecule has 0 saturated carbocycles. The van der Waals surface area contributed by atoms with Crippen molar-refractivity contribution >= 4 is 55.7 Å². The van der Waals surface area contributed by atoms with E-state index in [1.165, 1.54) is 3.57 Å². The van der Waals surface area contributed by atoms with Gasteiger partial charge in [0.2, 0.25) is 0 Å². The Morgan fingerprint density at radius 3 is 3.06 bits per heavy atom. The summed E-state index contributed by atoms with van der Waals surface area (Å²) >= 11 is 5.68. The lowest BCUT2D eigenvalue weighted by atomic mass is 10.3. The second-order valence-electron chi connectivity index (χ2n) is 3.71. The molecule has 0 atom stereocenters. The lowest BCUT2D eigenvalue weighted by molar-refractivity contribution is 1.10. The molecule has 0 amide bonds. The van der Waals surface area contributed by atoms with Crippen molar-refractivity contribution in [3.8, 4) is 0 Å². The van der Waals surface area contributed by atoms with E-state index in [4.69, 9.17) is 0 Å². The van der Waals surface area contributed by atoms with Crippen LogP contribution in [0.5, 0.6) is 0 Å². The fourth-order valence-electron chi connectivity index (χ4n) is 1.69. The summed E-state index contributed by atoms with van der Waals surface area (Å²) in [4.78, 5) is 8.71. The number of halogens is 2. The Morgan fingerprint density at radius 1 is 1.33 bits per heavy atom. The van der Waals surface area contributed by atoms with Crippen LogP contribution >= 0.6 is 38.5 Å². The van der Waals surface area contributed by atoms with E-state index in [1.807, 2.05) is 35.0 Å². The highest BCUT2D eigenvalue weighted by Crippen LogP contribution is 2.22. The van der Waals surface area contributed by atoms with Crippen molar-refractivity contribution in [2.75, 3.05) is 5.32 Å². The molecule has 0 aliphatic heterocycles. The summed E-state index contributed by atoms with van der Waals surface area (Å²) in [5.41, 5.74) is 1.80. The molecule has 0 aliphatic carbocycles. The average Bonchev–Trinajstić information content (AvgIpc) is 2.77. The monoisotopic (exact) mass is 414 g/mol. The van der Waals surface area contributed by atoms with Gasteiger partial charge in [0.05, 0.1) is 0 Å². The number of nitrogens with one attached hydrogen (secondary N) is 1. The van der Waals surface area contributed by atoms with Crippen molar-refractivity contribution in [3.63, 3.8) is 0 Å². The molecule has 0 fully saturated rings. The second-order valence-corrected chi connectivity index (χ2v) is 5.76. The maximum atomic E-state index is 4.42. The molecule has 0 spiro atoms. The number of aromatic nitrogens is 3. The van der Waals surface area contributed by atoms with Gasteiger partial charge in [-0.2, -0.15) is 0 Å². The van der Waals surface area contributed by atoms with Gasteiger partial charge in [0.1, 0.15) is 4.60 Å². The van der Waals surface area contributed by atoms with Crippen molar-refractivity contribution in [1.29, 1.82) is 0 Å². The first-order valence-electron chi connectivity index (χ1n) is 5.24. The Hall–Kier alpha value is -1.15. The second kappa shape index (κ2) is 4.85. The summed E-state index contributed by atoms with van der Waals surface area (Å²) in [6, 6.07) is 8.11. The number of rotatable bonds is 2. The number of anilines is 2. The maximum absolute atomic E-state index is 4.42. The third-order valence-electron chi connectivity index (χ3n) is 2.43. The number of hydrogen-bond acceptors (Lipinski definition) is 3. The topological polar surface area (TPSA) is 42.2 Å². The summed E-state index contributed by atoms with van der Waals surface area (Å²) in [6.45, 7) is 0. The lowest BCUT2D eigenvalue weighted by Gasteiger charge is -2.07. The van der Waals surface area contributed by atoms with Crippen LogP contribution in [0.15, 0.2) is 47.5 Å². The minimum atomic E-state index is 0.733. The van der Waals surface area contributed by atoms with Gasteiger partial charge in [-0.05, 0) is 56.7 Å². The normalized spacial score (nSPS) is 10.8. The van der Waals surface area contributed by atoms with E-state index in [1.54, 1.807) is 6.20 Å². The van der Waals surface area contributed by atoms with Crippen LogP contribution in [0.3, 0.4) is 0 Å². The van der Waals surface area contributed by atoms with Crippen LogP contribution in [-0.2, 0) is 0 Å². The third kappa shape index (κ3) is 2.35. The van der Waals surface area contributed by atoms with E-state index in [9.17, 15) is 0 Å². The van der Waals surface area contributed by atoms with E-state index in [-0.39, 0.29) is 0 Å². The molecule has 90 valence electrons. The SMILES string of the molecule is Brc1cn2ccnc2c(Nc2cccc(I)c2)n1. The Morgan fingerprint density at radius 2 is 2.22 bits per heavy atom. The molecule has 0 bridgehead atoms. The van der Waals surface area contributed by atoms with E-state index in [0.717, 1.165) is 21.8 Å². The summed E-state index contributed by atoms with van der Waals surface area (Å²) in [6.07, 6.45) is 5.52. The molecule has 3 rings (SSSR count). The van der Waals surface area contributed by atoms with Crippen LogP contribution in [-0.4, -0.2) is 14.4 Å². The summed E-state index contributed by atoms with van der Waals surface area (Å²) < 4.78 is 3.86. The van der Waals surface area contributed by atoms with E-state index < -0.39 is 0 Å². The van der Waals surface area contributed by atoms with E-state index in [0.29, 0.717) is 0 Å².